The van der Waals surface area contributed by atoms with Crippen LogP contribution >= 0.6 is 15.9 Å². The molecular formula is C15H20BrNO. The molecule has 1 heterocycles. The Labute approximate surface area is 117 Å². The second-order valence-electron chi connectivity index (χ2n) is 5.73. The van der Waals surface area contributed by atoms with Crippen molar-refractivity contribution in [2.75, 3.05) is 25.1 Å². The molecule has 0 bridgehead atoms. The van der Waals surface area contributed by atoms with Crippen molar-refractivity contribution in [2.24, 2.45) is 5.41 Å². The number of methoxy groups -OCH3 is 1. The van der Waals surface area contributed by atoms with Gasteiger partial charge in [-0.2, -0.15) is 0 Å². The quantitative estimate of drug-likeness (QED) is 0.810. The molecule has 0 N–H and O–H groups in total. The fourth-order valence-electron chi connectivity index (χ4n) is 3.46. The molecule has 0 radical (unpaired) electrons. The molecule has 1 aliphatic carbocycles. The molecule has 1 spiro atoms. The number of anilines is 1. The zero-order valence-corrected chi connectivity index (χ0v) is 12.5. The third kappa shape index (κ3) is 2.13. The van der Waals surface area contributed by atoms with Gasteiger partial charge in [-0.25, -0.2) is 0 Å². The Balaban J connectivity index is 1.75. The van der Waals surface area contributed by atoms with Crippen molar-refractivity contribution in [1.29, 1.82) is 0 Å². The lowest BCUT2D eigenvalue weighted by Gasteiger charge is -2.53. The molecule has 3 rings (SSSR count). The maximum absolute atomic E-state index is 5.47. The van der Waals surface area contributed by atoms with Crippen LogP contribution in [0.5, 0.6) is 5.75 Å². The minimum absolute atomic E-state index is 0.617. The molecule has 1 saturated heterocycles. The largest absolute Gasteiger partial charge is 0.495 e. The molecular weight excluding hydrogens is 290 g/mol. The van der Waals surface area contributed by atoms with Gasteiger partial charge in [0.1, 0.15) is 5.75 Å². The number of ether oxygens (including phenoxy) is 1. The van der Waals surface area contributed by atoms with Crippen LogP contribution in [0.1, 0.15) is 32.1 Å². The van der Waals surface area contributed by atoms with Crippen LogP contribution in [0.4, 0.5) is 5.69 Å². The molecule has 98 valence electrons. The molecule has 1 aliphatic heterocycles. The summed E-state index contributed by atoms with van der Waals surface area (Å²) in [5.41, 5.74) is 1.86. The van der Waals surface area contributed by atoms with Gasteiger partial charge in [-0.1, -0.05) is 35.2 Å². The van der Waals surface area contributed by atoms with Crippen LogP contribution in [0.15, 0.2) is 22.7 Å². The maximum Gasteiger partial charge on any atom is 0.142 e. The Morgan fingerprint density at radius 1 is 1.17 bits per heavy atom. The van der Waals surface area contributed by atoms with Crippen molar-refractivity contribution >= 4 is 21.6 Å². The van der Waals surface area contributed by atoms with E-state index in [1.54, 1.807) is 7.11 Å². The summed E-state index contributed by atoms with van der Waals surface area (Å²) < 4.78 is 6.60. The number of nitrogens with zero attached hydrogens (tertiary/aromatic N) is 1. The van der Waals surface area contributed by atoms with Crippen molar-refractivity contribution in [2.45, 2.75) is 32.1 Å². The van der Waals surface area contributed by atoms with E-state index in [0.29, 0.717) is 5.41 Å². The number of halogens is 1. The molecule has 2 aliphatic rings. The SMILES string of the molecule is COc1ccc(Br)cc1N1CC2(CCCCC2)C1. The molecule has 0 atom stereocenters. The first-order valence-electron chi connectivity index (χ1n) is 6.81. The zero-order chi connectivity index (χ0) is 12.6. The number of hydrogen-bond acceptors (Lipinski definition) is 2. The van der Waals surface area contributed by atoms with E-state index in [4.69, 9.17) is 4.74 Å². The third-order valence-corrected chi connectivity index (χ3v) is 4.94. The van der Waals surface area contributed by atoms with Crippen LogP contribution in [0, 0.1) is 5.41 Å². The van der Waals surface area contributed by atoms with Crippen LogP contribution in [0.2, 0.25) is 0 Å². The highest BCUT2D eigenvalue weighted by molar-refractivity contribution is 9.10. The van der Waals surface area contributed by atoms with Crippen molar-refractivity contribution in [3.8, 4) is 5.75 Å². The van der Waals surface area contributed by atoms with Crippen LogP contribution in [0.25, 0.3) is 0 Å². The van der Waals surface area contributed by atoms with E-state index >= 15 is 0 Å². The summed E-state index contributed by atoms with van der Waals surface area (Å²) in [5.74, 6) is 0.990. The lowest BCUT2D eigenvalue weighted by atomic mass is 9.68. The topological polar surface area (TPSA) is 12.5 Å². The Morgan fingerprint density at radius 2 is 1.89 bits per heavy atom. The van der Waals surface area contributed by atoms with Gasteiger partial charge in [0.15, 0.2) is 0 Å². The fraction of sp³-hybridized carbons (Fsp3) is 0.600. The molecule has 2 nitrogen and oxygen atoms in total. The highest BCUT2D eigenvalue weighted by atomic mass is 79.9. The van der Waals surface area contributed by atoms with Gasteiger partial charge in [-0.05, 0) is 31.0 Å². The van der Waals surface area contributed by atoms with Gasteiger partial charge in [-0.15, -0.1) is 0 Å². The maximum atomic E-state index is 5.47. The molecule has 18 heavy (non-hydrogen) atoms. The lowest BCUT2D eigenvalue weighted by molar-refractivity contribution is 0.139. The second-order valence-corrected chi connectivity index (χ2v) is 6.65. The number of hydrogen-bond donors (Lipinski definition) is 0. The molecule has 2 fully saturated rings. The van der Waals surface area contributed by atoms with E-state index < -0.39 is 0 Å². The number of rotatable bonds is 2. The predicted octanol–water partition coefficient (Wildman–Crippen LogP) is 4.23. The van der Waals surface area contributed by atoms with Crippen molar-refractivity contribution in [1.82, 2.24) is 0 Å². The summed E-state index contributed by atoms with van der Waals surface area (Å²) in [6.07, 6.45) is 7.11. The minimum atomic E-state index is 0.617. The van der Waals surface area contributed by atoms with Crippen LogP contribution in [-0.4, -0.2) is 20.2 Å². The van der Waals surface area contributed by atoms with E-state index in [-0.39, 0.29) is 0 Å². The minimum Gasteiger partial charge on any atom is -0.495 e. The molecule has 1 saturated carbocycles. The monoisotopic (exact) mass is 309 g/mol. The number of benzene rings is 1. The first kappa shape index (κ1) is 12.3. The van der Waals surface area contributed by atoms with E-state index in [9.17, 15) is 0 Å². The summed E-state index contributed by atoms with van der Waals surface area (Å²) in [6.45, 7) is 2.42. The second kappa shape index (κ2) is 4.76. The predicted molar refractivity (Wildman–Crippen MR) is 78.4 cm³/mol. The van der Waals surface area contributed by atoms with Gasteiger partial charge in [-0.3, -0.25) is 0 Å². The Kier molecular flexibility index (Phi) is 3.27. The average Bonchev–Trinajstić information content (AvgIpc) is 2.37. The molecule has 1 aromatic rings. The van der Waals surface area contributed by atoms with Crippen molar-refractivity contribution < 1.29 is 4.74 Å². The van der Waals surface area contributed by atoms with Gasteiger partial charge in [0.25, 0.3) is 0 Å². The van der Waals surface area contributed by atoms with Gasteiger partial charge >= 0.3 is 0 Å². The van der Waals surface area contributed by atoms with E-state index in [1.807, 2.05) is 12.1 Å². The van der Waals surface area contributed by atoms with Crippen LogP contribution < -0.4 is 9.64 Å². The summed E-state index contributed by atoms with van der Waals surface area (Å²) in [4.78, 5) is 2.47. The van der Waals surface area contributed by atoms with Gasteiger partial charge in [0.05, 0.1) is 12.8 Å². The highest BCUT2D eigenvalue weighted by Crippen LogP contribution is 2.47. The van der Waals surface area contributed by atoms with Crippen molar-refractivity contribution in [3.63, 3.8) is 0 Å². The molecule has 1 aromatic carbocycles. The van der Waals surface area contributed by atoms with Gasteiger partial charge in [0.2, 0.25) is 0 Å². The van der Waals surface area contributed by atoms with Crippen LogP contribution in [-0.2, 0) is 0 Å². The lowest BCUT2D eigenvalue weighted by Crippen LogP contribution is -2.57. The standard InChI is InChI=1S/C15H20BrNO/c1-18-14-6-5-12(16)9-13(14)17-10-15(11-17)7-3-2-4-8-15/h5-6,9H,2-4,7-8,10-11H2,1H3. The summed E-state index contributed by atoms with van der Waals surface area (Å²) in [5, 5.41) is 0. The molecule has 0 aromatic heterocycles. The third-order valence-electron chi connectivity index (χ3n) is 4.45. The molecule has 3 heteroatoms. The molecule has 0 amide bonds. The summed E-state index contributed by atoms with van der Waals surface area (Å²) >= 11 is 3.55. The average molecular weight is 310 g/mol. The van der Waals surface area contributed by atoms with Crippen LogP contribution in [0.3, 0.4) is 0 Å². The first-order chi connectivity index (χ1) is 8.72. The summed E-state index contributed by atoms with van der Waals surface area (Å²) in [7, 11) is 1.75. The summed E-state index contributed by atoms with van der Waals surface area (Å²) in [6, 6.07) is 6.26. The van der Waals surface area contributed by atoms with E-state index in [1.165, 1.54) is 50.9 Å². The highest BCUT2D eigenvalue weighted by Gasteiger charge is 2.43. The normalized spacial score (nSPS) is 21.8. The van der Waals surface area contributed by atoms with E-state index in [2.05, 4.69) is 26.9 Å². The fourth-order valence-corrected chi connectivity index (χ4v) is 3.81. The first-order valence-corrected chi connectivity index (χ1v) is 7.60. The Bertz CT molecular complexity index is 432. The Hall–Kier alpha value is -0.700. The Morgan fingerprint density at radius 3 is 2.56 bits per heavy atom. The van der Waals surface area contributed by atoms with Gasteiger partial charge in [0, 0.05) is 23.0 Å². The van der Waals surface area contributed by atoms with Crippen molar-refractivity contribution in [3.05, 3.63) is 22.7 Å². The van der Waals surface area contributed by atoms with E-state index in [0.717, 1.165) is 10.2 Å². The molecule has 0 unspecified atom stereocenters. The smallest absolute Gasteiger partial charge is 0.142 e. The van der Waals surface area contributed by atoms with Gasteiger partial charge < -0.3 is 9.64 Å². The zero-order valence-electron chi connectivity index (χ0n) is 10.9.